The van der Waals surface area contributed by atoms with Crippen LogP contribution in [0.15, 0.2) is 42.5 Å². The Morgan fingerprint density at radius 2 is 1.84 bits per heavy atom. The topological polar surface area (TPSA) is 66.6 Å². The van der Waals surface area contributed by atoms with Gasteiger partial charge in [-0.2, -0.15) is 0 Å². The lowest BCUT2D eigenvalue weighted by atomic mass is 10.1. The van der Waals surface area contributed by atoms with Gasteiger partial charge >= 0.3 is 0 Å². The molecular weight excluding hydrogens is 264 g/mol. The van der Waals surface area contributed by atoms with Crippen LogP contribution in [0.5, 0.6) is 5.75 Å². The van der Waals surface area contributed by atoms with Crippen molar-refractivity contribution in [1.82, 2.24) is 0 Å². The highest BCUT2D eigenvalue weighted by atomic mass is 35.5. The summed E-state index contributed by atoms with van der Waals surface area (Å²) in [4.78, 5) is 13.7. The summed E-state index contributed by atoms with van der Waals surface area (Å²) < 4.78 is 0. The minimum Gasteiger partial charge on any atom is -0.508 e. The number of amides is 1. The van der Waals surface area contributed by atoms with E-state index in [-0.39, 0.29) is 11.7 Å². The molecule has 0 bridgehead atoms. The molecule has 4 nitrogen and oxygen atoms in total. The number of hydrogen-bond donors (Lipinski definition) is 2. The van der Waals surface area contributed by atoms with Gasteiger partial charge in [0.25, 0.3) is 5.91 Å². The normalized spacial score (nSPS) is 10.2. The summed E-state index contributed by atoms with van der Waals surface area (Å²) >= 11 is 5.91. The lowest BCUT2D eigenvalue weighted by Gasteiger charge is -2.19. The summed E-state index contributed by atoms with van der Waals surface area (Å²) in [6.45, 7) is 0. The monoisotopic (exact) mass is 276 g/mol. The fourth-order valence-corrected chi connectivity index (χ4v) is 1.88. The Hall–Kier alpha value is -2.20. The highest BCUT2D eigenvalue weighted by Crippen LogP contribution is 2.27. The molecule has 19 heavy (non-hydrogen) atoms. The van der Waals surface area contributed by atoms with Crippen molar-refractivity contribution >= 4 is 28.9 Å². The molecule has 0 aliphatic rings. The Morgan fingerprint density at radius 3 is 2.47 bits per heavy atom. The van der Waals surface area contributed by atoms with Gasteiger partial charge in [0.05, 0.1) is 11.4 Å². The van der Waals surface area contributed by atoms with Gasteiger partial charge in [0.1, 0.15) is 5.75 Å². The van der Waals surface area contributed by atoms with Crippen molar-refractivity contribution in [3.05, 3.63) is 53.1 Å². The van der Waals surface area contributed by atoms with Crippen molar-refractivity contribution in [3.63, 3.8) is 0 Å². The van der Waals surface area contributed by atoms with Gasteiger partial charge in [-0.15, -0.1) is 0 Å². The Morgan fingerprint density at radius 1 is 1.21 bits per heavy atom. The average molecular weight is 277 g/mol. The number of carbonyl (C=O) groups excluding carboxylic acids is 1. The molecule has 0 fully saturated rings. The van der Waals surface area contributed by atoms with Crippen LogP contribution in [0.4, 0.5) is 11.4 Å². The predicted molar refractivity (Wildman–Crippen MR) is 76.7 cm³/mol. The zero-order chi connectivity index (χ0) is 14.0. The zero-order valence-corrected chi connectivity index (χ0v) is 11.1. The van der Waals surface area contributed by atoms with Crippen LogP contribution in [0, 0.1) is 0 Å². The average Bonchev–Trinajstić information content (AvgIpc) is 2.41. The van der Waals surface area contributed by atoms with Crippen LogP contribution in [0.2, 0.25) is 5.02 Å². The van der Waals surface area contributed by atoms with E-state index in [4.69, 9.17) is 17.3 Å². The maximum absolute atomic E-state index is 12.3. The van der Waals surface area contributed by atoms with Crippen molar-refractivity contribution in [1.29, 1.82) is 0 Å². The maximum Gasteiger partial charge on any atom is 0.258 e. The van der Waals surface area contributed by atoms with E-state index in [0.29, 0.717) is 22.0 Å². The van der Waals surface area contributed by atoms with Crippen molar-refractivity contribution < 1.29 is 9.90 Å². The van der Waals surface area contributed by atoms with E-state index in [2.05, 4.69) is 0 Å². The number of phenolic OH excluding ortho intramolecular Hbond substituents is 1. The van der Waals surface area contributed by atoms with Crippen molar-refractivity contribution in [3.8, 4) is 5.75 Å². The molecule has 0 aromatic heterocycles. The summed E-state index contributed by atoms with van der Waals surface area (Å²) in [6, 6.07) is 11.0. The van der Waals surface area contributed by atoms with Crippen molar-refractivity contribution in [2.24, 2.45) is 0 Å². The molecule has 98 valence electrons. The molecule has 0 aliphatic heterocycles. The van der Waals surface area contributed by atoms with Crippen molar-refractivity contribution in [2.75, 3.05) is 17.7 Å². The van der Waals surface area contributed by atoms with E-state index in [1.807, 2.05) is 0 Å². The molecule has 0 saturated carbocycles. The number of halogens is 1. The molecule has 0 saturated heterocycles. The first kappa shape index (κ1) is 13.2. The van der Waals surface area contributed by atoms with Gasteiger partial charge in [0, 0.05) is 17.6 Å². The smallest absolute Gasteiger partial charge is 0.258 e. The fourth-order valence-electron chi connectivity index (χ4n) is 1.71. The number of rotatable bonds is 2. The predicted octanol–water partition coefficient (Wildman–Crippen LogP) is 2.90. The second-order valence-corrected chi connectivity index (χ2v) is 4.55. The second-order valence-electron chi connectivity index (χ2n) is 4.11. The summed E-state index contributed by atoms with van der Waals surface area (Å²) in [5, 5.41) is 9.72. The number of carbonyl (C=O) groups is 1. The van der Waals surface area contributed by atoms with E-state index in [0.717, 1.165) is 0 Å². The Kier molecular flexibility index (Phi) is 3.62. The number of benzene rings is 2. The van der Waals surface area contributed by atoms with Crippen LogP contribution < -0.4 is 10.6 Å². The highest BCUT2D eigenvalue weighted by molar-refractivity contribution is 6.31. The summed E-state index contributed by atoms with van der Waals surface area (Å²) in [7, 11) is 1.62. The van der Waals surface area contributed by atoms with Gasteiger partial charge in [0.2, 0.25) is 0 Å². The Balaban J connectivity index is 2.33. The van der Waals surface area contributed by atoms with Gasteiger partial charge in [-0.3, -0.25) is 4.79 Å². The number of hydrogen-bond acceptors (Lipinski definition) is 3. The SMILES string of the molecule is CN(C(=O)c1ccc(O)cc1)c1cc(Cl)ccc1N. The molecule has 5 heteroatoms. The second kappa shape index (κ2) is 5.20. The summed E-state index contributed by atoms with van der Waals surface area (Å²) in [5.74, 6) is -0.115. The minimum atomic E-state index is -0.228. The molecule has 0 spiro atoms. The highest BCUT2D eigenvalue weighted by Gasteiger charge is 2.15. The molecule has 2 rings (SSSR count). The standard InChI is InChI=1S/C14H13ClN2O2/c1-17(13-8-10(15)4-7-12(13)16)14(19)9-2-5-11(18)6-3-9/h2-8,18H,16H2,1H3. The first-order valence-electron chi connectivity index (χ1n) is 5.61. The number of nitrogens with zero attached hydrogens (tertiary/aromatic N) is 1. The van der Waals surface area contributed by atoms with Crippen LogP contribution in [0.25, 0.3) is 0 Å². The molecule has 2 aromatic carbocycles. The van der Waals surface area contributed by atoms with Gasteiger partial charge < -0.3 is 15.7 Å². The van der Waals surface area contributed by atoms with Crippen LogP contribution in [-0.4, -0.2) is 18.1 Å². The number of aromatic hydroxyl groups is 1. The van der Waals surface area contributed by atoms with E-state index in [1.165, 1.54) is 17.0 Å². The van der Waals surface area contributed by atoms with Gasteiger partial charge in [-0.25, -0.2) is 0 Å². The molecule has 0 atom stereocenters. The minimum absolute atomic E-state index is 0.112. The summed E-state index contributed by atoms with van der Waals surface area (Å²) in [6.07, 6.45) is 0. The zero-order valence-electron chi connectivity index (χ0n) is 10.3. The largest absolute Gasteiger partial charge is 0.508 e. The van der Waals surface area contributed by atoms with Crippen molar-refractivity contribution in [2.45, 2.75) is 0 Å². The third-order valence-corrected chi connectivity index (χ3v) is 3.01. The maximum atomic E-state index is 12.3. The van der Waals surface area contributed by atoms with Gasteiger partial charge in [-0.05, 0) is 42.5 Å². The lowest BCUT2D eigenvalue weighted by Crippen LogP contribution is -2.26. The molecule has 1 amide bonds. The molecule has 0 aliphatic carbocycles. The third-order valence-electron chi connectivity index (χ3n) is 2.77. The van der Waals surface area contributed by atoms with Crippen LogP contribution in [0.3, 0.4) is 0 Å². The summed E-state index contributed by atoms with van der Waals surface area (Å²) in [5.41, 5.74) is 7.31. The lowest BCUT2D eigenvalue weighted by molar-refractivity contribution is 0.0993. The van der Waals surface area contributed by atoms with E-state index in [9.17, 15) is 9.90 Å². The van der Waals surface area contributed by atoms with Crippen LogP contribution >= 0.6 is 11.6 Å². The first-order valence-corrected chi connectivity index (χ1v) is 5.99. The number of anilines is 2. The van der Waals surface area contributed by atoms with Gasteiger partial charge in [0.15, 0.2) is 0 Å². The van der Waals surface area contributed by atoms with Crippen LogP contribution in [0.1, 0.15) is 10.4 Å². The Labute approximate surface area is 116 Å². The molecular formula is C14H13ClN2O2. The number of nitrogen functional groups attached to an aromatic ring is 1. The number of phenols is 1. The quantitative estimate of drug-likeness (QED) is 0.829. The number of nitrogens with two attached hydrogens (primary N) is 1. The van der Waals surface area contributed by atoms with E-state index < -0.39 is 0 Å². The van der Waals surface area contributed by atoms with Gasteiger partial charge in [-0.1, -0.05) is 11.6 Å². The fraction of sp³-hybridized carbons (Fsp3) is 0.0714. The van der Waals surface area contributed by atoms with E-state index >= 15 is 0 Å². The molecule has 2 aromatic rings. The molecule has 3 N–H and O–H groups in total. The Bertz CT molecular complexity index is 611. The molecule has 0 radical (unpaired) electrons. The van der Waals surface area contributed by atoms with E-state index in [1.54, 1.807) is 37.4 Å². The molecule has 0 unspecified atom stereocenters. The first-order chi connectivity index (χ1) is 8.99. The third kappa shape index (κ3) is 2.80. The molecule has 0 heterocycles. The van der Waals surface area contributed by atoms with Crippen LogP contribution in [-0.2, 0) is 0 Å².